The first kappa shape index (κ1) is 15.2. The quantitative estimate of drug-likeness (QED) is 0.784. The fourth-order valence-corrected chi connectivity index (χ4v) is 2.41. The molecule has 1 N–H and O–H groups in total. The highest BCUT2D eigenvalue weighted by Crippen LogP contribution is 2.15. The van der Waals surface area contributed by atoms with Crippen LogP contribution in [0.3, 0.4) is 0 Å². The van der Waals surface area contributed by atoms with Crippen LogP contribution in [0.15, 0.2) is 47.5 Å². The minimum Gasteiger partial charge on any atom is -0.443 e. The van der Waals surface area contributed by atoms with Crippen molar-refractivity contribution < 1.29 is 9.21 Å². The summed E-state index contributed by atoms with van der Waals surface area (Å²) in [7, 11) is 3.98. The van der Waals surface area contributed by atoms with E-state index in [0.29, 0.717) is 5.69 Å². The van der Waals surface area contributed by atoms with Gasteiger partial charge in [-0.05, 0) is 43.4 Å². The summed E-state index contributed by atoms with van der Waals surface area (Å²) in [6, 6.07) is 7.49. The Morgan fingerprint density at radius 2 is 2.09 bits per heavy atom. The molecular formula is C17H18N4O2. The van der Waals surface area contributed by atoms with E-state index in [0.717, 1.165) is 28.8 Å². The zero-order valence-electron chi connectivity index (χ0n) is 13.1. The Hall–Kier alpha value is -2.73. The average Bonchev–Trinajstić information content (AvgIpc) is 2.94. The first-order valence-corrected chi connectivity index (χ1v) is 7.31. The maximum Gasteiger partial charge on any atom is 0.228 e. The third kappa shape index (κ3) is 3.92. The van der Waals surface area contributed by atoms with Gasteiger partial charge in [-0.25, -0.2) is 4.98 Å². The lowest BCUT2D eigenvalue weighted by molar-refractivity contribution is -0.115. The smallest absolute Gasteiger partial charge is 0.228 e. The molecule has 6 nitrogen and oxygen atoms in total. The topological polar surface area (TPSA) is 71.3 Å². The van der Waals surface area contributed by atoms with Crippen LogP contribution in [0.25, 0.3) is 11.1 Å². The number of carbonyl (C=O) groups excluding carboxylic acids is 1. The predicted octanol–water partition coefficient (Wildman–Crippen LogP) is 2.47. The van der Waals surface area contributed by atoms with Crippen molar-refractivity contribution in [1.29, 1.82) is 0 Å². The Morgan fingerprint density at radius 3 is 2.91 bits per heavy atom. The SMILES string of the molecule is CN(C)Cc1cncc(NC(=O)Cc2ccc3ocnc3c2)c1. The number of fused-ring (bicyclic) bond motifs is 1. The molecule has 1 amide bonds. The van der Waals surface area contributed by atoms with Crippen molar-refractivity contribution >= 4 is 22.7 Å². The monoisotopic (exact) mass is 310 g/mol. The van der Waals surface area contributed by atoms with Gasteiger partial charge in [0, 0.05) is 12.7 Å². The van der Waals surface area contributed by atoms with E-state index in [1.54, 1.807) is 12.4 Å². The highest BCUT2D eigenvalue weighted by Gasteiger charge is 2.07. The average molecular weight is 310 g/mol. The van der Waals surface area contributed by atoms with E-state index in [2.05, 4.69) is 20.2 Å². The summed E-state index contributed by atoms with van der Waals surface area (Å²) in [6.07, 6.45) is 5.13. The van der Waals surface area contributed by atoms with Gasteiger partial charge in [0.05, 0.1) is 18.3 Å². The summed E-state index contributed by atoms with van der Waals surface area (Å²) in [5.41, 5.74) is 4.12. The van der Waals surface area contributed by atoms with Crippen LogP contribution in [-0.2, 0) is 17.8 Å². The molecule has 2 heterocycles. The second-order valence-corrected chi connectivity index (χ2v) is 5.70. The van der Waals surface area contributed by atoms with Gasteiger partial charge in [0.1, 0.15) is 5.52 Å². The molecule has 1 aromatic carbocycles. The van der Waals surface area contributed by atoms with Gasteiger partial charge in [0.15, 0.2) is 12.0 Å². The first-order chi connectivity index (χ1) is 11.1. The molecule has 0 atom stereocenters. The molecule has 0 fully saturated rings. The van der Waals surface area contributed by atoms with Crippen molar-refractivity contribution in [1.82, 2.24) is 14.9 Å². The van der Waals surface area contributed by atoms with Gasteiger partial charge in [0.25, 0.3) is 0 Å². The summed E-state index contributed by atoms with van der Waals surface area (Å²) in [6.45, 7) is 0.777. The molecule has 0 radical (unpaired) electrons. The van der Waals surface area contributed by atoms with Crippen molar-refractivity contribution in [3.63, 3.8) is 0 Å². The van der Waals surface area contributed by atoms with E-state index in [1.807, 2.05) is 38.4 Å². The second kappa shape index (κ2) is 6.58. The minimum absolute atomic E-state index is 0.0864. The molecule has 0 saturated heterocycles. The van der Waals surface area contributed by atoms with Gasteiger partial charge in [-0.1, -0.05) is 6.07 Å². The van der Waals surface area contributed by atoms with Crippen LogP contribution in [0.4, 0.5) is 5.69 Å². The van der Waals surface area contributed by atoms with E-state index in [9.17, 15) is 4.79 Å². The van der Waals surface area contributed by atoms with Crippen molar-refractivity contribution in [2.75, 3.05) is 19.4 Å². The second-order valence-electron chi connectivity index (χ2n) is 5.70. The first-order valence-electron chi connectivity index (χ1n) is 7.31. The number of hydrogen-bond donors (Lipinski definition) is 1. The van der Waals surface area contributed by atoms with Crippen LogP contribution >= 0.6 is 0 Å². The maximum absolute atomic E-state index is 12.2. The molecule has 0 bridgehead atoms. The number of nitrogens with one attached hydrogen (secondary N) is 1. The predicted molar refractivity (Wildman–Crippen MR) is 88.0 cm³/mol. The van der Waals surface area contributed by atoms with E-state index < -0.39 is 0 Å². The van der Waals surface area contributed by atoms with Crippen molar-refractivity contribution in [3.8, 4) is 0 Å². The lowest BCUT2D eigenvalue weighted by atomic mass is 10.1. The highest BCUT2D eigenvalue weighted by molar-refractivity contribution is 5.92. The third-order valence-corrected chi connectivity index (χ3v) is 3.34. The van der Waals surface area contributed by atoms with Crippen LogP contribution < -0.4 is 5.32 Å². The molecule has 2 aromatic heterocycles. The van der Waals surface area contributed by atoms with Crippen LogP contribution in [0.2, 0.25) is 0 Å². The number of amides is 1. The van der Waals surface area contributed by atoms with Gasteiger partial charge in [-0.3, -0.25) is 9.78 Å². The van der Waals surface area contributed by atoms with Gasteiger partial charge in [-0.2, -0.15) is 0 Å². The van der Waals surface area contributed by atoms with Crippen LogP contribution in [0.5, 0.6) is 0 Å². The number of rotatable bonds is 5. The van der Waals surface area contributed by atoms with Crippen molar-refractivity contribution in [2.24, 2.45) is 0 Å². The minimum atomic E-state index is -0.0864. The Bertz CT molecular complexity index is 826. The number of nitrogens with zero attached hydrogens (tertiary/aromatic N) is 3. The Kier molecular flexibility index (Phi) is 4.34. The molecule has 6 heteroatoms. The summed E-state index contributed by atoms with van der Waals surface area (Å²) in [5.74, 6) is -0.0864. The lowest BCUT2D eigenvalue weighted by Gasteiger charge is -2.11. The fourth-order valence-electron chi connectivity index (χ4n) is 2.41. The molecule has 0 aliphatic heterocycles. The molecular weight excluding hydrogens is 292 g/mol. The summed E-state index contributed by atoms with van der Waals surface area (Å²) >= 11 is 0. The third-order valence-electron chi connectivity index (χ3n) is 3.34. The van der Waals surface area contributed by atoms with E-state index in [-0.39, 0.29) is 12.3 Å². The van der Waals surface area contributed by atoms with Crippen LogP contribution in [0.1, 0.15) is 11.1 Å². The summed E-state index contributed by atoms with van der Waals surface area (Å²) < 4.78 is 5.19. The molecule has 0 unspecified atom stereocenters. The zero-order valence-corrected chi connectivity index (χ0v) is 13.1. The number of carbonyl (C=O) groups is 1. The molecule has 3 aromatic rings. The van der Waals surface area contributed by atoms with Gasteiger partial charge in [-0.15, -0.1) is 0 Å². The molecule has 3 rings (SSSR count). The van der Waals surface area contributed by atoms with E-state index in [4.69, 9.17) is 4.42 Å². The molecule has 0 spiro atoms. The number of benzene rings is 1. The number of hydrogen-bond acceptors (Lipinski definition) is 5. The largest absolute Gasteiger partial charge is 0.443 e. The molecule has 23 heavy (non-hydrogen) atoms. The zero-order chi connectivity index (χ0) is 16.2. The Balaban J connectivity index is 1.66. The van der Waals surface area contributed by atoms with Crippen molar-refractivity contribution in [3.05, 3.63) is 54.2 Å². The van der Waals surface area contributed by atoms with Gasteiger partial charge < -0.3 is 14.6 Å². The normalized spacial score (nSPS) is 11.1. The maximum atomic E-state index is 12.2. The Morgan fingerprint density at radius 1 is 1.22 bits per heavy atom. The molecule has 0 saturated carbocycles. The number of anilines is 1. The summed E-state index contributed by atoms with van der Waals surface area (Å²) in [4.78, 5) is 22.5. The van der Waals surface area contributed by atoms with E-state index >= 15 is 0 Å². The highest BCUT2D eigenvalue weighted by atomic mass is 16.3. The Labute approximate surface area is 134 Å². The van der Waals surface area contributed by atoms with Gasteiger partial charge >= 0.3 is 0 Å². The number of aromatic nitrogens is 2. The lowest BCUT2D eigenvalue weighted by Crippen LogP contribution is -2.15. The van der Waals surface area contributed by atoms with Crippen LogP contribution in [0, 0.1) is 0 Å². The van der Waals surface area contributed by atoms with E-state index in [1.165, 1.54) is 6.39 Å². The molecule has 0 aliphatic rings. The number of pyridine rings is 1. The van der Waals surface area contributed by atoms with Crippen LogP contribution in [-0.4, -0.2) is 34.9 Å². The number of oxazole rings is 1. The fraction of sp³-hybridized carbons (Fsp3) is 0.235. The van der Waals surface area contributed by atoms with Crippen molar-refractivity contribution in [2.45, 2.75) is 13.0 Å². The molecule has 0 aliphatic carbocycles. The standard InChI is InChI=1S/C17H18N4O2/c1-21(2)10-13-5-14(9-18-8-13)20-17(22)7-12-3-4-16-15(6-12)19-11-23-16/h3-6,8-9,11H,7,10H2,1-2H3,(H,20,22). The summed E-state index contributed by atoms with van der Waals surface area (Å²) in [5, 5.41) is 2.88. The molecule has 118 valence electrons. The van der Waals surface area contributed by atoms with Gasteiger partial charge in [0.2, 0.25) is 5.91 Å².